The summed E-state index contributed by atoms with van der Waals surface area (Å²) in [4.78, 5) is 19.1. The van der Waals surface area contributed by atoms with E-state index in [-0.39, 0.29) is 11.9 Å². The van der Waals surface area contributed by atoms with Crippen LogP contribution < -0.4 is 5.32 Å². The molecule has 29 heavy (non-hydrogen) atoms. The largest absolute Gasteiger partial charge is 0.344 e. The Labute approximate surface area is 174 Å². The van der Waals surface area contributed by atoms with Crippen LogP contribution in [0.2, 0.25) is 0 Å². The fourth-order valence-electron chi connectivity index (χ4n) is 3.56. The van der Waals surface area contributed by atoms with E-state index in [0.29, 0.717) is 11.2 Å². The predicted octanol–water partition coefficient (Wildman–Crippen LogP) is 5.29. The van der Waals surface area contributed by atoms with Crippen LogP contribution in [0.15, 0.2) is 47.8 Å². The Bertz CT molecular complexity index is 1160. The molecule has 3 aromatic heterocycles. The third kappa shape index (κ3) is 3.68. The molecule has 3 heterocycles. The SMILES string of the molecule is CC[C@@H](NC(=O)c1cc(C)nc2c1c(C)nn2-c1ccc(C)cc1)c1cccs1. The van der Waals surface area contributed by atoms with Gasteiger partial charge in [0.25, 0.3) is 5.91 Å². The summed E-state index contributed by atoms with van der Waals surface area (Å²) in [6, 6.07) is 14.1. The van der Waals surface area contributed by atoms with Crippen molar-refractivity contribution in [3.63, 3.8) is 0 Å². The molecule has 0 aliphatic heterocycles. The standard InChI is InChI=1S/C23H24N4OS/c1-5-19(20-7-6-12-29-20)25-23(28)18-13-15(3)24-22-21(18)16(4)26-27(22)17-10-8-14(2)9-11-17/h6-13,19H,5H2,1-4H3,(H,25,28)/t19-/m1/s1. The Morgan fingerprint density at radius 3 is 2.59 bits per heavy atom. The van der Waals surface area contributed by atoms with Crippen LogP contribution in [0.4, 0.5) is 0 Å². The minimum absolute atomic E-state index is 0.00142. The van der Waals surface area contributed by atoms with Gasteiger partial charge in [-0.25, -0.2) is 9.67 Å². The van der Waals surface area contributed by atoms with Crippen molar-refractivity contribution in [3.05, 3.63) is 75.2 Å². The monoisotopic (exact) mass is 404 g/mol. The second-order valence-corrected chi connectivity index (χ2v) is 8.27. The van der Waals surface area contributed by atoms with E-state index in [1.165, 1.54) is 5.56 Å². The summed E-state index contributed by atoms with van der Waals surface area (Å²) in [7, 11) is 0. The number of nitrogens with one attached hydrogen (secondary N) is 1. The molecule has 0 saturated carbocycles. The molecule has 1 aromatic carbocycles. The first-order chi connectivity index (χ1) is 14.0. The van der Waals surface area contributed by atoms with Crippen molar-refractivity contribution in [2.75, 3.05) is 0 Å². The van der Waals surface area contributed by atoms with Crippen LogP contribution in [-0.2, 0) is 0 Å². The molecule has 4 aromatic rings. The number of hydrogen-bond acceptors (Lipinski definition) is 4. The number of pyridine rings is 1. The van der Waals surface area contributed by atoms with Gasteiger partial charge in [-0.15, -0.1) is 11.3 Å². The quantitative estimate of drug-likeness (QED) is 0.492. The minimum Gasteiger partial charge on any atom is -0.344 e. The summed E-state index contributed by atoms with van der Waals surface area (Å²) in [5.74, 6) is -0.0905. The molecule has 0 radical (unpaired) electrons. The maximum atomic E-state index is 13.2. The lowest BCUT2D eigenvalue weighted by Crippen LogP contribution is -2.28. The average molecular weight is 405 g/mol. The zero-order chi connectivity index (χ0) is 20.5. The first-order valence-corrected chi connectivity index (χ1v) is 10.6. The fraction of sp³-hybridized carbons (Fsp3) is 0.261. The molecule has 1 atom stereocenters. The number of aryl methyl sites for hydroxylation is 3. The van der Waals surface area contributed by atoms with Gasteiger partial charge < -0.3 is 5.32 Å². The van der Waals surface area contributed by atoms with Gasteiger partial charge in [0.05, 0.1) is 28.4 Å². The summed E-state index contributed by atoms with van der Waals surface area (Å²) in [6.45, 7) is 7.98. The van der Waals surface area contributed by atoms with Crippen LogP contribution in [0.5, 0.6) is 0 Å². The van der Waals surface area contributed by atoms with E-state index in [1.54, 1.807) is 11.3 Å². The first-order valence-electron chi connectivity index (χ1n) is 9.76. The topological polar surface area (TPSA) is 59.8 Å². The molecule has 0 spiro atoms. The number of carbonyl (C=O) groups is 1. The van der Waals surface area contributed by atoms with E-state index in [4.69, 9.17) is 10.1 Å². The number of carbonyl (C=O) groups excluding carboxylic acids is 1. The molecule has 4 rings (SSSR count). The second kappa shape index (κ2) is 7.79. The fourth-order valence-corrected chi connectivity index (χ4v) is 4.42. The molecule has 0 aliphatic carbocycles. The highest BCUT2D eigenvalue weighted by molar-refractivity contribution is 7.10. The first kappa shape index (κ1) is 19.3. The van der Waals surface area contributed by atoms with Crippen LogP contribution in [0, 0.1) is 20.8 Å². The van der Waals surface area contributed by atoms with Crippen LogP contribution in [0.1, 0.15) is 51.6 Å². The summed E-state index contributed by atoms with van der Waals surface area (Å²) in [6.07, 6.45) is 0.834. The van der Waals surface area contributed by atoms with E-state index >= 15 is 0 Å². The maximum absolute atomic E-state index is 13.2. The molecule has 0 bridgehead atoms. The minimum atomic E-state index is -0.0905. The lowest BCUT2D eigenvalue weighted by molar-refractivity contribution is 0.0937. The van der Waals surface area contributed by atoms with Gasteiger partial charge in [0, 0.05) is 10.6 Å². The molecule has 1 amide bonds. The molecular formula is C23H24N4OS. The molecule has 6 heteroatoms. The van der Waals surface area contributed by atoms with Gasteiger partial charge in [0.1, 0.15) is 0 Å². The highest BCUT2D eigenvalue weighted by Crippen LogP contribution is 2.27. The van der Waals surface area contributed by atoms with Gasteiger partial charge in [-0.2, -0.15) is 5.10 Å². The Morgan fingerprint density at radius 1 is 1.17 bits per heavy atom. The number of aromatic nitrogens is 3. The zero-order valence-corrected chi connectivity index (χ0v) is 17.9. The van der Waals surface area contributed by atoms with E-state index in [0.717, 1.165) is 33.8 Å². The lowest BCUT2D eigenvalue weighted by atomic mass is 10.1. The van der Waals surface area contributed by atoms with Crippen molar-refractivity contribution in [3.8, 4) is 5.69 Å². The smallest absolute Gasteiger partial charge is 0.252 e. The summed E-state index contributed by atoms with van der Waals surface area (Å²) in [5.41, 5.74) is 5.04. The van der Waals surface area contributed by atoms with Gasteiger partial charge >= 0.3 is 0 Å². The summed E-state index contributed by atoms with van der Waals surface area (Å²) >= 11 is 1.66. The van der Waals surface area contributed by atoms with Crippen molar-refractivity contribution >= 4 is 28.3 Å². The zero-order valence-electron chi connectivity index (χ0n) is 17.1. The molecule has 1 N–H and O–H groups in total. The molecule has 148 valence electrons. The highest BCUT2D eigenvalue weighted by atomic mass is 32.1. The average Bonchev–Trinajstić information content (AvgIpc) is 3.34. The number of hydrogen-bond donors (Lipinski definition) is 1. The van der Waals surface area contributed by atoms with Crippen molar-refractivity contribution < 1.29 is 4.79 Å². The Morgan fingerprint density at radius 2 is 1.93 bits per heavy atom. The maximum Gasteiger partial charge on any atom is 0.252 e. The molecule has 5 nitrogen and oxygen atoms in total. The number of fused-ring (bicyclic) bond motifs is 1. The molecular weight excluding hydrogens is 380 g/mol. The van der Waals surface area contributed by atoms with Crippen molar-refractivity contribution in [2.45, 2.75) is 40.2 Å². The van der Waals surface area contributed by atoms with Crippen LogP contribution in [0.25, 0.3) is 16.7 Å². The molecule has 0 aliphatic rings. The normalized spacial score (nSPS) is 12.3. The predicted molar refractivity (Wildman–Crippen MR) is 118 cm³/mol. The Balaban J connectivity index is 1.79. The third-order valence-corrected chi connectivity index (χ3v) is 6.05. The van der Waals surface area contributed by atoms with E-state index in [9.17, 15) is 4.79 Å². The van der Waals surface area contributed by atoms with Crippen molar-refractivity contribution in [1.82, 2.24) is 20.1 Å². The molecule has 0 saturated heterocycles. The van der Waals surface area contributed by atoms with Crippen molar-refractivity contribution in [2.24, 2.45) is 0 Å². The van der Waals surface area contributed by atoms with E-state index in [2.05, 4.69) is 37.4 Å². The third-order valence-electron chi connectivity index (χ3n) is 5.06. The van der Waals surface area contributed by atoms with Gasteiger partial charge in [0.15, 0.2) is 5.65 Å². The molecule has 0 unspecified atom stereocenters. The number of amides is 1. The number of nitrogens with zero attached hydrogens (tertiary/aromatic N) is 3. The number of thiophene rings is 1. The molecule has 0 fully saturated rings. The second-order valence-electron chi connectivity index (χ2n) is 7.29. The Hall–Kier alpha value is -2.99. The summed E-state index contributed by atoms with van der Waals surface area (Å²) < 4.78 is 1.82. The van der Waals surface area contributed by atoms with Gasteiger partial charge in [0.2, 0.25) is 0 Å². The van der Waals surface area contributed by atoms with Crippen molar-refractivity contribution in [1.29, 1.82) is 0 Å². The van der Waals surface area contributed by atoms with Crippen LogP contribution in [-0.4, -0.2) is 20.7 Å². The van der Waals surface area contributed by atoms with Gasteiger partial charge in [-0.1, -0.05) is 30.7 Å². The number of benzene rings is 1. The van der Waals surface area contributed by atoms with E-state index < -0.39 is 0 Å². The lowest BCUT2D eigenvalue weighted by Gasteiger charge is -2.16. The van der Waals surface area contributed by atoms with Crippen LogP contribution >= 0.6 is 11.3 Å². The number of rotatable bonds is 5. The van der Waals surface area contributed by atoms with Crippen LogP contribution in [0.3, 0.4) is 0 Å². The summed E-state index contributed by atoms with van der Waals surface area (Å²) in [5, 5.41) is 10.7. The van der Waals surface area contributed by atoms with E-state index in [1.807, 2.05) is 48.2 Å². The highest BCUT2D eigenvalue weighted by Gasteiger charge is 2.22. The Kier molecular flexibility index (Phi) is 5.20. The van der Waals surface area contributed by atoms with Gasteiger partial charge in [-0.3, -0.25) is 4.79 Å². The van der Waals surface area contributed by atoms with Gasteiger partial charge in [-0.05, 0) is 56.8 Å².